The Kier molecular flexibility index (Phi) is 5.35. The molecule has 1 heterocycles. The minimum atomic E-state index is -0.432. The highest BCUT2D eigenvalue weighted by atomic mass is 19.1. The summed E-state index contributed by atoms with van der Waals surface area (Å²) in [5.41, 5.74) is 0.565. The second-order valence-electron chi connectivity index (χ2n) is 5.15. The molecule has 1 fully saturated rings. The largest absolute Gasteiger partial charge is 0.494 e. The molecular weight excluding hydrogens is 259 g/mol. The summed E-state index contributed by atoms with van der Waals surface area (Å²) in [6.45, 7) is 2.08. The number of methoxy groups -OCH3 is 1. The summed E-state index contributed by atoms with van der Waals surface area (Å²) in [6.07, 6.45) is 3.75. The average Bonchev–Trinajstić information content (AvgIpc) is 2.48. The Morgan fingerprint density at radius 1 is 1.55 bits per heavy atom. The molecule has 5 heteroatoms. The topological polar surface area (TPSA) is 50.4 Å². The van der Waals surface area contributed by atoms with Gasteiger partial charge in [0.15, 0.2) is 11.6 Å². The molecular formula is C15H21FN2O2. The highest BCUT2D eigenvalue weighted by molar-refractivity contribution is 5.90. The molecule has 2 N–H and O–H groups in total. The number of anilines is 1. The van der Waals surface area contributed by atoms with Gasteiger partial charge in [0.05, 0.1) is 7.11 Å². The molecule has 4 nitrogen and oxygen atoms in total. The van der Waals surface area contributed by atoms with E-state index >= 15 is 0 Å². The second kappa shape index (κ2) is 7.24. The van der Waals surface area contributed by atoms with Crippen LogP contribution >= 0.6 is 0 Å². The van der Waals surface area contributed by atoms with Crippen molar-refractivity contribution in [1.29, 1.82) is 0 Å². The van der Waals surface area contributed by atoms with E-state index in [4.69, 9.17) is 4.74 Å². The van der Waals surface area contributed by atoms with Crippen LogP contribution in [0.25, 0.3) is 0 Å². The molecule has 2 rings (SSSR count). The van der Waals surface area contributed by atoms with E-state index in [9.17, 15) is 9.18 Å². The fourth-order valence-corrected chi connectivity index (χ4v) is 2.47. The monoisotopic (exact) mass is 280 g/mol. The molecule has 1 amide bonds. The third kappa shape index (κ3) is 4.20. The Hall–Kier alpha value is -1.62. The molecule has 1 unspecified atom stereocenters. The van der Waals surface area contributed by atoms with Crippen molar-refractivity contribution < 1.29 is 13.9 Å². The molecule has 0 bridgehead atoms. The molecule has 1 aromatic rings. The number of piperidine rings is 1. The van der Waals surface area contributed by atoms with Crippen molar-refractivity contribution in [2.24, 2.45) is 5.92 Å². The summed E-state index contributed by atoms with van der Waals surface area (Å²) in [5, 5.41) is 6.12. The van der Waals surface area contributed by atoms with Gasteiger partial charge in [0.2, 0.25) is 5.91 Å². The summed E-state index contributed by atoms with van der Waals surface area (Å²) >= 11 is 0. The predicted octanol–water partition coefficient (Wildman–Crippen LogP) is 2.55. The first-order chi connectivity index (χ1) is 9.69. The normalized spacial score (nSPS) is 18.6. The number of ether oxygens (including phenoxy) is 1. The van der Waals surface area contributed by atoms with Gasteiger partial charge in [0, 0.05) is 18.2 Å². The minimum Gasteiger partial charge on any atom is -0.494 e. The third-order valence-corrected chi connectivity index (χ3v) is 3.61. The second-order valence-corrected chi connectivity index (χ2v) is 5.15. The van der Waals surface area contributed by atoms with Crippen molar-refractivity contribution in [2.45, 2.75) is 25.7 Å². The summed E-state index contributed by atoms with van der Waals surface area (Å²) in [7, 11) is 1.40. The molecule has 0 radical (unpaired) electrons. The lowest BCUT2D eigenvalue weighted by molar-refractivity contribution is -0.116. The molecule has 1 aliphatic rings. The van der Waals surface area contributed by atoms with Crippen LogP contribution in [-0.4, -0.2) is 26.1 Å². The van der Waals surface area contributed by atoms with Crippen LogP contribution in [0.15, 0.2) is 18.2 Å². The Balaban J connectivity index is 1.81. The standard InChI is InChI=1S/C15H21FN2O2/c1-20-14-9-12(5-6-13(14)16)18-15(19)7-4-11-3-2-8-17-10-11/h5-6,9,11,17H,2-4,7-8,10H2,1H3,(H,18,19). The summed E-state index contributed by atoms with van der Waals surface area (Å²) in [5.74, 6) is 0.250. The molecule has 0 saturated carbocycles. The van der Waals surface area contributed by atoms with Crippen LogP contribution in [0.2, 0.25) is 0 Å². The molecule has 0 spiro atoms. The van der Waals surface area contributed by atoms with Gasteiger partial charge in [-0.25, -0.2) is 4.39 Å². The van der Waals surface area contributed by atoms with E-state index in [1.165, 1.54) is 38.2 Å². The Bertz CT molecular complexity index is 459. The van der Waals surface area contributed by atoms with E-state index in [1.807, 2.05) is 0 Å². The molecule has 1 aliphatic heterocycles. The molecule has 1 atom stereocenters. The van der Waals surface area contributed by atoms with E-state index in [2.05, 4.69) is 10.6 Å². The highest BCUT2D eigenvalue weighted by Crippen LogP contribution is 2.22. The molecule has 1 saturated heterocycles. The zero-order valence-electron chi connectivity index (χ0n) is 11.7. The van der Waals surface area contributed by atoms with Gasteiger partial charge in [0.1, 0.15) is 0 Å². The summed E-state index contributed by atoms with van der Waals surface area (Å²) in [6, 6.07) is 4.33. The number of hydrogen-bond acceptors (Lipinski definition) is 3. The number of carbonyl (C=O) groups excluding carboxylic acids is 1. The van der Waals surface area contributed by atoms with Crippen LogP contribution in [0, 0.1) is 11.7 Å². The maximum atomic E-state index is 13.3. The van der Waals surface area contributed by atoms with Crippen molar-refractivity contribution in [3.05, 3.63) is 24.0 Å². The number of halogens is 1. The fourth-order valence-electron chi connectivity index (χ4n) is 2.47. The van der Waals surface area contributed by atoms with E-state index in [-0.39, 0.29) is 11.7 Å². The van der Waals surface area contributed by atoms with Crippen molar-refractivity contribution in [3.8, 4) is 5.75 Å². The molecule has 1 aromatic carbocycles. The zero-order chi connectivity index (χ0) is 14.4. The SMILES string of the molecule is COc1cc(NC(=O)CCC2CCCNC2)ccc1F. The van der Waals surface area contributed by atoms with Gasteiger partial charge in [-0.3, -0.25) is 4.79 Å². The molecule has 20 heavy (non-hydrogen) atoms. The van der Waals surface area contributed by atoms with E-state index in [0.717, 1.165) is 19.5 Å². The first kappa shape index (κ1) is 14.8. The quantitative estimate of drug-likeness (QED) is 0.871. The van der Waals surface area contributed by atoms with Crippen LogP contribution in [0.4, 0.5) is 10.1 Å². The Labute approximate surface area is 118 Å². The zero-order valence-corrected chi connectivity index (χ0v) is 11.7. The lowest BCUT2D eigenvalue weighted by atomic mass is 9.94. The van der Waals surface area contributed by atoms with Gasteiger partial charge < -0.3 is 15.4 Å². The maximum absolute atomic E-state index is 13.3. The Morgan fingerprint density at radius 2 is 2.40 bits per heavy atom. The van der Waals surface area contributed by atoms with Crippen molar-refractivity contribution >= 4 is 11.6 Å². The van der Waals surface area contributed by atoms with Gasteiger partial charge in [0.25, 0.3) is 0 Å². The maximum Gasteiger partial charge on any atom is 0.224 e. The number of hydrogen-bond donors (Lipinski definition) is 2. The molecule has 0 aliphatic carbocycles. The minimum absolute atomic E-state index is 0.0377. The number of carbonyl (C=O) groups is 1. The van der Waals surface area contributed by atoms with Gasteiger partial charge >= 0.3 is 0 Å². The lowest BCUT2D eigenvalue weighted by Crippen LogP contribution is -2.30. The van der Waals surface area contributed by atoms with Gasteiger partial charge in [-0.1, -0.05) is 0 Å². The number of nitrogens with one attached hydrogen (secondary N) is 2. The first-order valence-corrected chi connectivity index (χ1v) is 7.03. The van der Waals surface area contributed by atoms with Crippen LogP contribution in [-0.2, 0) is 4.79 Å². The van der Waals surface area contributed by atoms with Crippen LogP contribution in [0.5, 0.6) is 5.75 Å². The number of amides is 1. The van der Waals surface area contributed by atoms with Gasteiger partial charge in [-0.05, 0) is 50.4 Å². The van der Waals surface area contributed by atoms with Crippen LogP contribution in [0.3, 0.4) is 0 Å². The number of benzene rings is 1. The first-order valence-electron chi connectivity index (χ1n) is 7.03. The van der Waals surface area contributed by atoms with Gasteiger partial charge in [-0.2, -0.15) is 0 Å². The van der Waals surface area contributed by atoms with E-state index < -0.39 is 5.82 Å². The van der Waals surface area contributed by atoms with Crippen LogP contribution < -0.4 is 15.4 Å². The average molecular weight is 280 g/mol. The third-order valence-electron chi connectivity index (χ3n) is 3.61. The van der Waals surface area contributed by atoms with E-state index in [0.29, 0.717) is 18.0 Å². The summed E-state index contributed by atoms with van der Waals surface area (Å²) < 4.78 is 18.1. The van der Waals surface area contributed by atoms with Crippen molar-refractivity contribution in [3.63, 3.8) is 0 Å². The predicted molar refractivity (Wildman–Crippen MR) is 76.4 cm³/mol. The fraction of sp³-hybridized carbons (Fsp3) is 0.533. The lowest BCUT2D eigenvalue weighted by Gasteiger charge is -2.22. The Morgan fingerprint density at radius 3 is 3.10 bits per heavy atom. The summed E-state index contributed by atoms with van der Waals surface area (Å²) in [4.78, 5) is 11.9. The molecule has 0 aromatic heterocycles. The smallest absolute Gasteiger partial charge is 0.224 e. The highest BCUT2D eigenvalue weighted by Gasteiger charge is 2.14. The van der Waals surface area contributed by atoms with Crippen molar-refractivity contribution in [1.82, 2.24) is 5.32 Å². The van der Waals surface area contributed by atoms with Crippen molar-refractivity contribution in [2.75, 3.05) is 25.5 Å². The van der Waals surface area contributed by atoms with Gasteiger partial charge in [-0.15, -0.1) is 0 Å². The number of rotatable bonds is 5. The van der Waals surface area contributed by atoms with Crippen LogP contribution in [0.1, 0.15) is 25.7 Å². The van der Waals surface area contributed by atoms with E-state index in [1.54, 1.807) is 0 Å². The molecule has 110 valence electrons.